The van der Waals surface area contributed by atoms with E-state index < -0.39 is 5.91 Å². The maximum atomic E-state index is 12.0. The van der Waals surface area contributed by atoms with Crippen LogP contribution in [0.15, 0.2) is 71.8 Å². The molecule has 0 saturated heterocycles. The normalized spacial score (nSPS) is 10.8. The number of nitrogens with zero attached hydrogens (tertiary/aromatic N) is 1. The van der Waals surface area contributed by atoms with E-state index in [2.05, 4.69) is 10.5 Å². The van der Waals surface area contributed by atoms with Crippen molar-refractivity contribution in [3.8, 4) is 11.5 Å². The van der Waals surface area contributed by atoms with E-state index in [1.807, 2.05) is 6.07 Å². The van der Waals surface area contributed by atoms with Crippen molar-refractivity contribution in [3.05, 3.63) is 93.5 Å². The molecule has 0 spiro atoms. The highest BCUT2D eigenvalue weighted by atomic mass is 35.5. The highest BCUT2D eigenvalue weighted by Gasteiger charge is 2.08. The summed E-state index contributed by atoms with van der Waals surface area (Å²) in [6.45, 7) is 0.320. The third-order valence-electron chi connectivity index (χ3n) is 3.82. The van der Waals surface area contributed by atoms with E-state index in [9.17, 15) is 9.90 Å². The number of hydrogen-bond acceptors (Lipinski definition) is 4. The van der Waals surface area contributed by atoms with Gasteiger partial charge in [-0.15, -0.1) is 0 Å². The van der Waals surface area contributed by atoms with Gasteiger partial charge in [0.05, 0.1) is 11.8 Å². The molecule has 142 valence electrons. The second-order valence-electron chi connectivity index (χ2n) is 5.81. The molecule has 0 radical (unpaired) electrons. The van der Waals surface area contributed by atoms with E-state index in [1.54, 1.807) is 48.5 Å². The SMILES string of the molecule is O=C(N/N=C/c1ccc(OCc2ccc(Cl)cc2Cl)cc1)c1ccccc1O. The number of benzene rings is 3. The molecule has 5 nitrogen and oxygen atoms in total. The van der Waals surface area contributed by atoms with Crippen LogP contribution in [0.4, 0.5) is 0 Å². The van der Waals surface area contributed by atoms with Gasteiger partial charge in [-0.1, -0.05) is 41.4 Å². The van der Waals surface area contributed by atoms with Crippen molar-refractivity contribution in [2.24, 2.45) is 5.10 Å². The third kappa shape index (κ3) is 5.25. The van der Waals surface area contributed by atoms with Crippen molar-refractivity contribution in [2.45, 2.75) is 6.61 Å². The molecule has 3 rings (SSSR count). The van der Waals surface area contributed by atoms with Gasteiger partial charge in [0.2, 0.25) is 0 Å². The van der Waals surface area contributed by atoms with E-state index in [1.165, 1.54) is 18.3 Å². The number of hydrogen-bond donors (Lipinski definition) is 2. The molecule has 0 atom stereocenters. The van der Waals surface area contributed by atoms with Gasteiger partial charge in [0, 0.05) is 15.6 Å². The Morgan fingerprint density at radius 3 is 2.54 bits per heavy atom. The van der Waals surface area contributed by atoms with Crippen molar-refractivity contribution in [1.29, 1.82) is 0 Å². The van der Waals surface area contributed by atoms with Crippen molar-refractivity contribution < 1.29 is 14.6 Å². The first kappa shape index (κ1) is 19.7. The Labute approximate surface area is 172 Å². The maximum Gasteiger partial charge on any atom is 0.275 e. The van der Waals surface area contributed by atoms with Gasteiger partial charge in [0.25, 0.3) is 5.91 Å². The fourth-order valence-electron chi connectivity index (χ4n) is 2.34. The quantitative estimate of drug-likeness (QED) is 0.438. The number of amides is 1. The van der Waals surface area contributed by atoms with Gasteiger partial charge in [-0.05, 0) is 54.1 Å². The Balaban J connectivity index is 1.54. The summed E-state index contributed by atoms with van der Waals surface area (Å²) < 4.78 is 5.71. The molecule has 0 heterocycles. The van der Waals surface area contributed by atoms with Gasteiger partial charge >= 0.3 is 0 Å². The molecule has 7 heteroatoms. The second kappa shape index (κ2) is 9.26. The Morgan fingerprint density at radius 1 is 1.07 bits per heavy atom. The standard InChI is InChI=1S/C21H16Cl2N2O3/c22-16-8-7-15(19(23)11-16)13-28-17-9-5-14(6-10-17)12-24-25-21(27)18-3-1-2-4-20(18)26/h1-12,26H,13H2,(H,25,27)/b24-12+. The lowest BCUT2D eigenvalue weighted by Crippen LogP contribution is -2.17. The van der Waals surface area contributed by atoms with Crippen LogP contribution in [-0.2, 0) is 6.61 Å². The minimum atomic E-state index is -0.492. The number of phenolic OH excluding ortho intramolecular Hbond substituents is 1. The zero-order valence-electron chi connectivity index (χ0n) is 14.6. The third-order valence-corrected chi connectivity index (χ3v) is 4.40. The highest BCUT2D eigenvalue weighted by Crippen LogP contribution is 2.22. The molecule has 1 amide bonds. The Kier molecular flexibility index (Phi) is 6.53. The van der Waals surface area contributed by atoms with Crippen LogP contribution in [-0.4, -0.2) is 17.2 Å². The number of para-hydroxylation sites is 1. The highest BCUT2D eigenvalue weighted by molar-refractivity contribution is 6.35. The zero-order valence-corrected chi connectivity index (χ0v) is 16.1. The van der Waals surface area contributed by atoms with Crippen LogP contribution in [0.2, 0.25) is 10.0 Å². The van der Waals surface area contributed by atoms with Crippen molar-refractivity contribution in [3.63, 3.8) is 0 Å². The van der Waals surface area contributed by atoms with E-state index in [0.717, 1.165) is 11.1 Å². The van der Waals surface area contributed by atoms with Crippen LogP contribution in [0.3, 0.4) is 0 Å². The summed E-state index contributed by atoms with van der Waals surface area (Å²) in [6, 6.07) is 18.7. The summed E-state index contributed by atoms with van der Waals surface area (Å²) >= 11 is 12.0. The molecule has 0 aliphatic carbocycles. The Bertz CT molecular complexity index is 1000. The zero-order chi connectivity index (χ0) is 19.9. The number of nitrogens with one attached hydrogen (secondary N) is 1. The lowest BCUT2D eigenvalue weighted by atomic mass is 10.2. The maximum absolute atomic E-state index is 12.0. The monoisotopic (exact) mass is 414 g/mol. The van der Waals surface area contributed by atoms with Crippen LogP contribution >= 0.6 is 23.2 Å². The predicted octanol–water partition coefficient (Wildman–Crippen LogP) is 5.04. The van der Waals surface area contributed by atoms with Crippen molar-refractivity contribution in [2.75, 3.05) is 0 Å². The first-order valence-corrected chi connectivity index (χ1v) is 9.07. The summed E-state index contributed by atoms with van der Waals surface area (Å²) in [6.07, 6.45) is 1.50. The van der Waals surface area contributed by atoms with E-state index in [0.29, 0.717) is 22.4 Å². The Hall–Kier alpha value is -3.02. The summed E-state index contributed by atoms with van der Waals surface area (Å²) in [5.74, 6) is 0.0769. The second-order valence-corrected chi connectivity index (χ2v) is 6.65. The summed E-state index contributed by atoms with van der Waals surface area (Å²) in [5, 5.41) is 14.7. The van der Waals surface area contributed by atoms with Gasteiger partial charge < -0.3 is 9.84 Å². The minimum absolute atomic E-state index is 0.0995. The molecule has 0 unspecified atom stereocenters. The molecule has 28 heavy (non-hydrogen) atoms. The average molecular weight is 415 g/mol. The van der Waals surface area contributed by atoms with Crippen LogP contribution in [0.5, 0.6) is 11.5 Å². The van der Waals surface area contributed by atoms with Gasteiger partial charge in [0.1, 0.15) is 18.1 Å². The smallest absolute Gasteiger partial charge is 0.275 e. The van der Waals surface area contributed by atoms with Crippen LogP contribution in [0, 0.1) is 0 Å². The molecular weight excluding hydrogens is 399 g/mol. The Morgan fingerprint density at radius 2 is 1.82 bits per heavy atom. The minimum Gasteiger partial charge on any atom is -0.507 e. The molecule has 0 saturated carbocycles. The predicted molar refractivity (Wildman–Crippen MR) is 110 cm³/mol. The fourth-order valence-corrected chi connectivity index (χ4v) is 2.80. The largest absolute Gasteiger partial charge is 0.507 e. The van der Waals surface area contributed by atoms with Gasteiger partial charge in [-0.3, -0.25) is 4.79 Å². The van der Waals surface area contributed by atoms with Gasteiger partial charge in [-0.2, -0.15) is 5.10 Å². The number of hydrazone groups is 1. The van der Waals surface area contributed by atoms with Crippen LogP contribution < -0.4 is 10.2 Å². The molecule has 0 aliphatic rings. The number of aromatic hydroxyl groups is 1. The van der Waals surface area contributed by atoms with Crippen LogP contribution in [0.25, 0.3) is 0 Å². The number of phenols is 1. The number of halogens is 2. The molecular formula is C21H16Cl2N2O3. The summed E-state index contributed by atoms with van der Waals surface area (Å²) in [5.41, 5.74) is 4.14. The lowest BCUT2D eigenvalue weighted by molar-refractivity contribution is 0.0952. The van der Waals surface area contributed by atoms with Crippen LogP contribution in [0.1, 0.15) is 21.5 Å². The lowest BCUT2D eigenvalue weighted by Gasteiger charge is -2.08. The molecule has 0 fully saturated rings. The number of ether oxygens (including phenoxy) is 1. The van der Waals surface area contributed by atoms with E-state index >= 15 is 0 Å². The van der Waals surface area contributed by atoms with Crippen molar-refractivity contribution in [1.82, 2.24) is 5.43 Å². The summed E-state index contributed by atoms with van der Waals surface area (Å²) in [7, 11) is 0. The molecule has 0 aliphatic heterocycles. The van der Waals surface area contributed by atoms with E-state index in [4.69, 9.17) is 27.9 Å². The molecule has 2 N–H and O–H groups in total. The first-order chi connectivity index (χ1) is 13.5. The molecule has 3 aromatic rings. The topological polar surface area (TPSA) is 70.9 Å². The number of carbonyl (C=O) groups excluding carboxylic acids is 1. The van der Waals surface area contributed by atoms with Gasteiger partial charge in [-0.25, -0.2) is 5.43 Å². The molecule has 3 aromatic carbocycles. The molecule has 0 bridgehead atoms. The van der Waals surface area contributed by atoms with E-state index in [-0.39, 0.29) is 11.3 Å². The van der Waals surface area contributed by atoms with Gasteiger partial charge in [0.15, 0.2) is 0 Å². The first-order valence-electron chi connectivity index (χ1n) is 8.31. The number of carbonyl (C=O) groups is 1. The summed E-state index contributed by atoms with van der Waals surface area (Å²) in [4.78, 5) is 12.0. The average Bonchev–Trinajstić information content (AvgIpc) is 2.68. The number of rotatable bonds is 6. The molecule has 0 aromatic heterocycles. The fraction of sp³-hybridized carbons (Fsp3) is 0.0476. The van der Waals surface area contributed by atoms with Crippen molar-refractivity contribution >= 4 is 35.3 Å².